The summed E-state index contributed by atoms with van der Waals surface area (Å²) in [6.07, 6.45) is 0. The molecular weight excluding hydrogens is 445 g/mol. The van der Waals surface area contributed by atoms with Crippen LogP contribution in [0.15, 0.2) is 36.4 Å². The summed E-state index contributed by atoms with van der Waals surface area (Å²) in [5.41, 5.74) is 8.63. The van der Waals surface area contributed by atoms with Gasteiger partial charge in [-0.15, -0.1) is 0 Å². The summed E-state index contributed by atoms with van der Waals surface area (Å²) in [7, 11) is 0. The summed E-state index contributed by atoms with van der Waals surface area (Å²) in [6, 6.07) is 7.23. The number of nitrogens with one attached hydrogen (secondary N) is 1. The van der Waals surface area contributed by atoms with Crippen molar-refractivity contribution in [3.8, 4) is 11.1 Å². The highest BCUT2D eigenvalue weighted by Gasteiger charge is 2.31. The van der Waals surface area contributed by atoms with E-state index in [1.807, 2.05) is 0 Å². The van der Waals surface area contributed by atoms with Crippen LogP contribution in [-0.2, 0) is 6.54 Å². The molecule has 3 heterocycles. The quantitative estimate of drug-likeness (QED) is 0.457. The number of carbonyl (C=O) groups excluding carboxylic acids is 1. The summed E-state index contributed by atoms with van der Waals surface area (Å²) in [5.74, 6) is -0.949. The first-order valence-electron chi connectivity index (χ1n) is 10.7. The van der Waals surface area contributed by atoms with E-state index in [9.17, 15) is 13.6 Å². The van der Waals surface area contributed by atoms with E-state index >= 15 is 4.39 Å². The number of hydrogen-bond acceptors (Lipinski definition) is 4. The molecule has 1 aliphatic rings. The number of benzene rings is 2. The molecule has 0 saturated carbocycles. The van der Waals surface area contributed by atoms with Crippen LogP contribution in [0.1, 0.15) is 17.1 Å². The Kier molecular flexibility index (Phi) is 5.15. The van der Waals surface area contributed by atoms with Gasteiger partial charge in [0, 0.05) is 41.2 Å². The van der Waals surface area contributed by atoms with E-state index in [-0.39, 0.29) is 17.9 Å². The van der Waals surface area contributed by atoms with E-state index in [0.29, 0.717) is 52.5 Å². The molecular formula is C24H21F3N6O. The van der Waals surface area contributed by atoms with Crippen molar-refractivity contribution in [2.45, 2.75) is 20.4 Å². The monoisotopic (exact) mass is 466 g/mol. The zero-order chi connectivity index (χ0) is 24.1. The van der Waals surface area contributed by atoms with Gasteiger partial charge in [0.05, 0.1) is 11.9 Å². The number of aryl methyl sites for hydroxylation is 2. The number of urea groups is 1. The second-order valence-corrected chi connectivity index (χ2v) is 8.26. The Balaban J connectivity index is 1.44. The molecule has 1 aliphatic heterocycles. The second kappa shape index (κ2) is 8.05. The minimum atomic E-state index is -0.587. The van der Waals surface area contributed by atoms with E-state index in [1.54, 1.807) is 26.0 Å². The molecule has 10 heteroatoms. The number of anilines is 2. The van der Waals surface area contributed by atoms with E-state index in [0.717, 1.165) is 18.2 Å². The first kappa shape index (κ1) is 21.7. The number of hydrogen-bond donors (Lipinski definition) is 2. The number of halogens is 3. The highest BCUT2D eigenvalue weighted by atomic mass is 19.1. The molecule has 1 saturated heterocycles. The Morgan fingerprint density at radius 3 is 2.59 bits per heavy atom. The lowest BCUT2D eigenvalue weighted by molar-refractivity contribution is 0.218. The predicted molar refractivity (Wildman–Crippen MR) is 123 cm³/mol. The largest absolute Gasteiger partial charge is 0.383 e. The standard InChI is InChI=1S/C24H21F3N6O/c1-12-20(21-22(28)30-13(2)31-23(21)29-12)17-5-4-16(10-19(17)27)33-8-7-32(24(33)34)11-14-9-15(25)3-6-18(14)26/h3-6,9-10H,7-8,11H2,1-2H3,(H3,28,29,30,31). The Morgan fingerprint density at radius 1 is 1.03 bits per heavy atom. The number of aromatic nitrogens is 3. The molecule has 34 heavy (non-hydrogen) atoms. The number of carbonyl (C=O) groups is 1. The number of H-pyrrole nitrogens is 1. The Labute approximate surface area is 193 Å². The Bertz CT molecular complexity index is 1450. The molecule has 0 bridgehead atoms. The maximum atomic E-state index is 15.3. The van der Waals surface area contributed by atoms with E-state index in [4.69, 9.17) is 5.73 Å². The van der Waals surface area contributed by atoms with Crippen molar-refractivity contribution in [2.24, 2.45) is 0 Å². The minimum Gasteiger partial charge on any atom is -0.383 e. The molecule has 0 aliphatic carbocycles. The number of nitrogen functional groups attached to an aromatic ring is 1. The normalized spacial score (nSPS) is 14.0. The third-order valence-electron chi connectivity index (χ3n) is 5.98. The summed E-state index contributed by atoms with van der Waals surface area (Å²) in [6.45, 7) is 4.03. The fourth-order valence-corrected chi connectivity index (χ4v) is 4.41. The highest BCUT2D eigenvalue weighted by molar-refractivity contribution is 6.02. The van der Waals surface area contributed by atoms with Crippen molar-refractivity contribution in [3.05, 3.63) is 70.9 Å². The van der Waals surface area contributed by atoms with Gasteiger partial charge < -0.3 is 15.6 Å². The molecule has 7 nitrogen and oxygen atoms in total. The van der Waals surface area contributed by atoms with Gasteiger partial charge in [-0.25, -0.2) is 27.9 Å². The molecule has 0 atom stereocenters. The molecule has 0 spiro atoms. The second-order valence-electron chi connectivity index (χ2n) is 8.26. The molecule has 0 radical (unpaired) electrons. The molecule has 2 aromatic heterocycles. The first-order valence-corrected chi connectivity index (χ1v) is 10.7. The number of fused-ring (bicyclic) bond motifs is 1. The molecule has 1 fully saturated rings. The SMILES string of the molecule is Cc1nc(N)c2c(-c3ccc(N4CCN(Cc5cc(F)ccc5F)C4=O)cc3F)c(C)[nH]c2n1. The van der Waals surface area contributed by atoms with Gasteiger partial charge in [-0.2, -0.15) is 0 Å². The van der Waals surface area contributed by atoms with Crippen molar-refractivity contribution in [2.75, 3.05) is 23.7 Å². The van der Waals surface area contributed by atoms with Crippen molar-refractivity contribution < 1.29 is 18.0 Å². The lowest BCUT2D eigenvalue weighted by atomic mass is 10.0. The smallest absolute Gasteiger partial charge is 0.324 e. The third-order valence-corrected chi connectivity index (χ3v) is 5.98. The van der Waals surface area contributed by atoms with Gasteiger partial charge in [0.2, 0.25) is 0 Å². The molecule has 5 rings (SSSR count). The zero-order valence-electron chi connectivity index (χ0n) is 18.5. The van der Waals surface area contributed by atoms with Crippen molar-refractivity contribution >= 4 is 28.6 Å². The average Bonchev–Trinajstić information content (AvgIpc) is 3.30. The van der Waals surface area contributed by atoms with E-state index in [1.165, 1.54) is 15.9 Å². The molecule has 3 N–H and O–H groups in total. The van der Waals surface area contributed by atoms with Gasteiger partial charge in [-0.3, -0.25) is 4.90 Å². The number of rotatable bonds is 4. The fourth-order valence-electron chi connectivity index (χ4n) is 4.41. The van der Waals surface area contributed by atoms with E-state index in [2.05, 4.69) is 15.0 Å². The first-order chi connectivity index (χ1) is 16.2. The lowest BCUT2D eigenvalue weighted by Crippen LogP contribution is -2.31. The van der Waals surface area contributed by atoms with Crippen LogP contribution in [0, 0.1) is 31.3 Å². The summed E-state index contributed by atoms with van der Waals surface area (Å²) in [5, 5.41) is 0.537. The average molecular weight is 466 g/mol. The van der Waals surface area contributed by atoms with Crippen LogP contribution in [0.5, 0.6) is 0 Å². The van der Waals surface area contributed by atoms with Gasteiger partial charge in [0.25, 0.3) is 0 Å². The van der Waals surface area contributed by atoms with Crippen LogP contribution in [-0.4, -0.2) is 39.0 Å². The molecule has 174 valence electrons. The van der Waals surface area contributed by atoms with Crippen LogP contribution in [0.25, 0.3) is 22.2 Å². The van der Waals surface area contributed by atoms with Crippen molar-refractivity contribution in [1.29, 1.82) is 0 Å². The van der Waals surface area contributed by atoms with Gasteiger partial charge in [0.1, 0.15) is 34.7 Å². The van der Waals surface area contributed by atoms with Gasteiger partial charge >= 0.3 is 6.03 Å². The summed E-state index contributed by atoms with van der Waals surface area (Å²) < 4.78 is 42.8. The fraction of sp³-hybridized carbons (Fsp3) is 0.208. The lowest BCUT2D eigenvalue weighted by Gasteiger charge is -2.19. The van der Waals surface area contributed by atoms with Gasteiger partial charge in [-0.05, 0) is 50.2 Å². The van der Waals surface area contributed by atoms with Crippen molar-refractivity contribution in [1.82, 2.24) is 19.9 Å². The number of amides is 2. The van der Waals surface area contributed by atoms with Crippen LogP contribution < -0.4 is 10.6 Å². The molecule has 4 aromatic rings. The molecule has 2 amide bonds. The van der Waals surface area contributed by atoms with Crippen LogP contribution in [0.2, 0.25) is 0 Å². The predicted octanol–water partition coefficient (Wildman–Crippen LogP) is 4.68. The van der Waals surface area contributed by atoms with Crippen LogP contribution in [0.3, 0.4) is 0 Å². The van der Waals surface area contributed by atoms with Crippen molar-refractivity contribution in [3.63, 3.8) is 0 Å². The molecule has 2 aromatic carbocycles. The van der Waals surface area contributed by atoms with Gasteiger partial charge in [-0.1, -0.05) is 0 Å². The topological polar surface area (TPSA) is 91.1 Å². The van der Waals surface area contributed by atoms with Crippen LogP contribution >= 0.6 is 0 Å². The maximum Gasteiger partial charge on any atom is 0.324 e. The van der Waals surface area contributed by atoms with E-state index < -0.39 is 23.5 Å². The number of aromatic amines is 1. The number of nitrogens with two attached hydrogens (primary N) is 1. The molecule has 0 unspecified atom stereocenters. The highest BCUT2D eigenvalue weighted by Crippen LogP contribution is 2.37. The zero-order valence-corrected chi connectivity index (χ0v) is 18.5. The Hall–Kier alpha value is -4.08. The Morgan fingerprint density at radius 2 is 1.82 bits per heavy atom. The number of nitrogens with zero attached hydrogens (tertiary/aromatic N) is 4. The van der Waals surface area contributed by atoms with Gasteiger partial charge in [0.15, 0.2) is 0 Å². The van der Waals surface area contributed by atoms with Crippen LogP contribution in [0.4, 0.5) is 29.5 Å². The summed E-state index contributed by atoms with van der Waals surface area (Å²) >= 11 is 0. The summed E-state index contributed by atoms with van der Waals surface area (Å²) in [4.78, 5) is 27.4. The minimum absolute atomic E-state index is 0.0767. The third kappa shape index (κ3) is 3.60. The maximum absolute atomic E-state index is 15.3.